The third-order valence-corrected chi connectivity index (χ3v) is 3.27. The van der Waals surface area contributed by atoms with Crippen molar-refractivity contribution in [2.24, 2.45) is 5.73 Å². The zero-order valence-electron chi connectivity index (χ0n) is 11.4. The van der Waals surface area contributed by atoms with Gasteiger partial charge in [-0.1, -0.05) is 18.2 Å². The number of para-hydroxylation sites is 1. The number of alkyl halides is 3. The Kier molecular flexibility index (Phi) is 6.83. The molecule has 1 aromatic rings. The van der Waals surface area contributed by atoms with Crippen molar-refractivity contribution in [1.82, 2.24) is 5.32 Å². The van der Waals surface area contributed by atoms with Crippen LogP contribution in [0.4, 0.5) is 13.2 Å². The Labute approximate surface area is 125 Å². The number of nitrogens with two attached hydrogens (primary N) is 1. The number of benzene rings is 1. The van der Waals surface area contributed by atoms with Gasteiger partial charge >= 0.3 is 6.36 Å². The number of hydrogen-bond acceptors (Lipinski definition) is 4. The van der Waals surface area contributed by atoms with E-state index in [-0.39, 0.29) is 17.9 Å². The van der Waals surface area contributed by atoms with Crippen molar-refractivity contribution >= 4 is 17.7 Å². The maximum atomic E-state index is 12.3. The van der Waals surface area contributed by atoms with Crippen LogP contribution in [0.25, 0.3) is 0 Å². The van der Waals surface area contributed by atoms with Crippen molar-refractivity contribution < 1.29 is 22.7 Å². The molecule has 0 aliphatic heterocycles. The maximum absolute atomic E-state index is 12.3. The fraction of sp³-hybridized carbons (Fsp3) is 0.462. The topological polar surface area (TPSA) is 64.4 Å². The first-order valence-corrected chi connectivity index (χ1v) is 7.58. The van der Waals surface area contributed by atoms with Crippen LogP contribution in [0.5, 0.6) is 5.75 Å². The zero-order chi connectivity index (χ0) is 15.9. The molecule has 0 saturated carbocycles. The molecule has 0 aromatic heterocycles. The summed E-state index contributed by atoms with van der Waals surface area (Å²) >= 11 is 1.57. The highest BCUT2D eigenvalue weighted by atomic mass is 32.2. The Hall–Kier alpha value is -1.41. The van der Waals surface area contributed by atoms with E-state index in [4.69, 9.17) is 5.73 Å². The molecule has 1 amide bonds. The third kappa shape index (κ3) is 6.72. The lowest BCUT2D eigenvalue weighted by Crippen LogP contribution is -2.40. The second kappa shape index (κ2) is 8.14. The van der Waals surface area contributed by atoms with E-state index in [2.05, 4.69) is 10.1 Å². The van der Waals surface area contributed by atoms with E-state index in [1.54, 1.807) is 17.8 Å². The molecular formula is C13H17F3N2O2S. The number of hydrogen-bond donors (Lipinski definition) is 2. The van der Waals surface area contributed by atoms with Gasteiger partial charge in [-0.05, 0) is 24.5 Å². The lowest BCUT2D eigenvalue weighted by molar-refractivity contribution is -0.274. The van der Waals surface area contributed by atoms with E-state index >= 15 is 0 Å². The molecule has 0 heterocycles. The fourth-order valence-corrected chi connectivity index (χ4v) is 2.05. The molecule has 118 valence electrons. The molecule has 3 N–H and O–H groups in total. The van der Waals surface area contributed by atoms with Gasteiger partial charge in [-0.15, -0.1) is 13.2 Å². The molecule has 1 atom stereocenters. The Bertz CT molecular complexity index is 469. The van der Waals surface area contributed by atoms with Crippen LogP contribution in [-0.2, 0) is 11.3 Å². The molecule has 0 radical (unpaired) electrons. The van der Waals surface area contributed by atoms with Crippen LogP contribution >= 0.6 is 11.8 Å². The highest BCUT2D eigenvalue weighted by Gasteiger charge is 2.32. The molecule has 0 aliphatic carbocycles. The van der Waals surface area contributed by atoms with Crippen LogP contribution < -0.4 is 15.8 Å². The van der Waals surface area contributed by atoms with E-state index in [0.717, 1.165) is 5.75 Å². The van der Waals surface area contributed by atoms with Crippen molar-refractivity contribution in [2.75, 3.05) is 12.0 Å². The molecule has 0 unspecified atom stereocenters. The third-order valence-electron chi connectivity index (χ3n) is 2.62. The van der Waals surface area contributed by atoms with Gasteiger partial charge in [0, 0.05) is 12.1 Å². The molecule has 0 aliphatic rings. The number of halogens is 3. The second-order valence-corrected chi connectivity index (χ2v) is 5.25. The molecule has 0 saturated heterocycles. The van der Waals surface area contributed by atoms with Crippen molar-refractivity contribution in [3.8, 4) is 5.75 Å². The number of nitrogens with one attached hydrogen (secondary N) is 1. The minimum absolute atomic E-state index is 0.0714. The molecule has 1 aromatic carbocycles. The predicted octanol–water partition coefficient (Wildman–Crippen LogP) is 2.28. The first-order valence-electron chi connectivity index (χ1n) is 6.19. The molecule has 4 nitrogen and oxygen atoms in total. The minimum Gasteiger partial charge on any atom is -0.405 e. The summed E-state index contributed by atoms with van der Waals surface area (Å²) in [4.78, 5) is 11.7. The average Bonchev–Trinajstić information content (AvgIpc) is 2.41. The van der Waals surface area contributed by atoms with E-state index in [1.165, 1.54) is 18.2 Å². The molecule has 1 rings (SSSR count). The van der Waals surface area contributed by atoms with Crippen LogP contribution in [0.2, 0.25) is 0 Å². The van der Waals surface area contributed by atoms with Crippen LogP contribution in [0.3, 0.4) is 0 Å². The van der Waals surface area contributed by atoms with Crippen molar-refractivity contribution in [3.05, 3.63) is 29.8 Å². The van der Waals surface area contributed by atoms with Crippen molar-refractivity contribution in [1.29, 1.82) is 0 Å². The number of amides is 1. The Morgan fingerprint density at radius 1 is 1.43 bits per heavy atom. The first kappa shape index (κ1) is 17.6. The SMILES string of the molecule is CSCC[C@@H](N)C(=O)NCc1ccccc1OC(F)(F)F. The lowest BCUT2D eigenvalue weighted by Gasteiger charge is -2.15. The second-order valence-electron chi connectivity index (χ2n) is 4.26. The Balaban J connectivity index is 2.61. The molecule has 0 spiro atoms. The van der Waals surface area contributed by atoms with E-state index in [0.29, 0.717) is 6.42 Å². The van der Waals surface area contributed by atoms with E-state index in [1.807, 2.05) is 6.26 Å². The molecule has 0 bridgehead atoms. The lowest BCUT2D eigenvalue weighted by atomic mass is 10.2. The number of rotatable bonds is 7. The van der Waals surface area contributed by atoms with Crippen LogP contribution in [0.1, 0.15) is 12.0 Å². The van der Waals surface area contributed by atoms with Gasteiger partial charge in [-0.25, -0.2) is 0 Å². The summed E-state index contributed by atoms with van der Waals surface area (Å²) in [5, 5.41) is 2.51. The maximum Gasteiger partial charge on any atom is 0.573 e. The van der Waals surface area contributed by atoms with Gasteiger partial charge in [-0.2, -0.15) is 11.8 Å². The summed E-state index contributed by atoms with van der Waals surface area (Å²) in [5.41, 5.74) is 5.91. The molecule has 21 heavy (non-hydrogen) atoms. The first-order chi connectivity index (χ1) is 9.83. The summed E-state index contributed by atoms with van der Waals surface area (Å²) in [6, 6.07) is 4.97. The van der Waals surface area contributed by atoms with Gasteiger partial charge in [0.2, 0.25) is 5.91 Å². The Morgan fingerprint density at radius 2 is 2.10 bits per heavy atom. The highest BCUT2D eigenvalue weighted by Crippen LogP contribution is 2.26. The predicted molar refractivity (Wildman–Crippen MR) is 75.9 cm³/mol. The number of thioether (sulfide) groups is 1. The zero-order valence-corrected chi connectivity index (χ0v) is 12.3. The summed E-state index contributed by atoms with van der Waals surface area (Å²) in [6.07, 6.45) is -2.36. The summed E-state index contributed by atoms with van der Waals surface area (Å²) < 4.78 is 40.7. The number of carbonyl (C=O) groups is 1. The molecule has 8 heteroatoms. The monoisotopic (exact) mass is 322 g/mol. The largest absolute Gasteiger partial charge is 0.573 e. The van der Waals surface area contributed by atoms with E-state index in [9.17, 15) is 18.0 Å². The van der Waals surface area contributed by atoms with Gasteiger partial charge in [0.25, 0.3) is 0 Å². The van der Waals surface area contributed by atoms with Gasteiger partial charge in [0.15, 0.2) is 0 Å². The van der Waals surface area contributed by atoms with Gasteiger partial charge in [0.05, 0.1) is 6.04 Å². The van der Waals surface area contributed by atoms with Gasteiger partial charge in [-0.3, -0.25) is 4.79 Å². The summed E-state index contributed by atoms with van der Waals surface area (Å²) in [6.45, 7) is -0.0714. The minimum atomic E-state index is -4.77. The molecular weight excluding hydrogens is 305 g/mol. The van der Waals surface area contributed by atoms with E-state index < -0.39 is 18.3 Å². The normalized spacial score (nSPS) is 12.8. The van der Waals surface area contributed by atoms with Crippen molar-refractivity contribution in [3.63, 3.8) is 0 Å². The van der Waals surface area contributed by atoms with Gasteiger partial charge in [0.1, 0.15) is 5.75 Å². The average molecular weight is 322 g/mol. The van der Waals surface area contributed by atoms with Crippen LogP contribution in [-0.4, -0.2) is 30.3 Å². The fourth-order valence-electron chi connectivity index (χ4n) is 1.56. The van der Waals surface area contributed by atoms with Gasteiger partial charge < -0.3 is 15.8 Å². The Morgan fingerprint density at radius 3 is 2.71 bits per heavy atom. The van der Waals surface area contributed by atoms with Crippen molar-refractivity contribution in [2.45, 2.75) is 25.4 Å². The standard InChI is InChI=1S/C13H17F3N2O2S/c1-21-7-6-10(17)12(19)18-8-9-4-2-3-5-11(9)20-13(14,15)16/h2-5,10H,6-8,17H2,1H3,(H,18,19)/t10-/m1/s1. The number of ether oxygens (including phenoxy) is 1. The molecule has 0 fully saturated rings. The quantitative estimate of drug-likeness (QED) is 0.808. The number of carbonyl (C=O) groups excluding carboxylic acids is 1. The van der Waals surface area contributed by atoms with Crippen LogP contribution in [0, 0.1) is 0 Å². The smallest absolute Gasteiger partial charge is 0.405 e. The summed E-state index contributed by atoms with van der Waals surface area (Å²) in [5.74, 6) is 0.0105. The van der Waals surface area contributed by atoms with Crippen LogP contribution in [0.15, 0.2) is 24.3 Å². The highest BCUT2D eigenvalue weighted by molar-refractivity contribution is 7.98. The summed E-state index contributed by atoms with van der Waals surface area (Å²) in [7, 11) is 0.